The molecule has 0 bridgehead atoms. The molecule has 0 saturated carbocycles. The minimum Gasteiger partial charge on any atom is -0.382 e. The molecule has 0 aliphatic carbocycles. The third kappa shape index (κ3) is 4.98. The first-order valence-electron chi connectivity index (χ1n) is 12.4. The van der Waals surface area contributed by atoms with Crippen LogP contribution in [0.4, 0.5) is 17.6 Å². The number of fused-ring (bicyclic) bond motifs is 1. The Labute approximate surface area is 224 Å². The van der Waals surface area contributed by atoms with E-state index in [1.807, 2.05) is 31.2 Å². The van der Waals surface area contributed by atoms with Crippen LogP contribution in [0.5, 0.6) is 0 Å². The number of nitrogen functional groups attached to an aromatic ring is 2. The van der Waals surface area contributed by atoms with Crippen LogP contribution in [0.3, 0.4) is 0 Å². The number of nitrogens with one attached hydrogen (secondary N) is 1. The van der Waals surface area contributed by atoms with Gasteiger partial charge >= 0.3 is 0 Å². The third-order valence-electron chi connectivity index (χ3n) is 6.88. The Balaban J connectivity index is 1.50. The summed E-state index contributed by atoms with van der Waals surface area (Å²) < 4.78 is 1.76. The number of halogens is 1. The number of piperidine rings is 1. The Hall–Kier alpha value is -4.20. The average molecular weight is 530 g/mol. The molecule has 1 fully saturated rings. The SMILES string of the molecule is CC(Nc1nc(N)nc(N)c1C#N)c1nc2cccc(Cl)c2c(=O)n1C1CCN(Cc2ccccc2)CC1. The Kier molecular flexibility index (Phi) is 7.13. The topological polar surface area (TPSA) is 152 Å². The van der Waals surface area contributed by atoms with E-state index in [0.29, 0.717) is 21.7 Å². The van der Waals surface area contributed by atoms with Crippen LogP contribution in [0.2, 0.25) is 5.02 Å². The van der Waals surface area contributed by atoms with Gasteiger partial charge in [0.1, 0.15) is 23.3 Å². The summed E-state index contributed by atoms with van der Waals surface area (Å²) in [6.07, 6.45) is 1.56. The lowest BCUT2D eigenvalue weighted by atomic mass is 10.0. The van der Waals surface area contributed by atoms with E-state index in [1.54, 1.807) is 22.8 Å². The predicted molar refractivity (Wildman–Crippen MR) is 149 cm³/mol. The number of anilines is 3. The van der Waals surface area contributed by atoms with Crippen molar-refractivity contribution in [3.05, 3.63) is 80.9 Å². The number of nitriles is 1. The highest BCUT2D eigenvalue weighted by molar-refractivity contribution is 6.35. The standard InChI is InChI=1S/C27H28ClN9O/c1-16(32-24-19(14-29)23(30)34-27(31)35-24)25-33-21-9-5-8-20(28)22(21)26(38)37(25)18-10-12-36(13-11-18)15-17-6-3-2-4-7-17/h2-9,16,18H,10-13,15H2,1H3,(H5,30,31,32,34,35). The number of hydrogen-bond acceptors (Lipinski definition) is 9. The summed E-state index contributed by atoms with van der Waals surface area (Å²) in [5.41, 5.74) is 13.3. The molecule has 0 amide bonds. The molecule has 5 rings (SSSR count). The van der Waals surface area contributed by atoms with Gasteiger partial charge in [0.05, 0.1) is 22.0 Å². The Bertz CT molecular complexity index is 1570. The highest BCUT2D eigenvalue weighted by atomic mass is 35.5. The molecule has 38 heavy (non-hydrogen) atoms. The molecule has 4 aromatic rings. The minimum atomic E-state index is -0.505. The minimum absolute atomic E-state index is 0.0175. The molecule has 10 nitrogen and oxygen atoms in total. The van der Waals surface area contributed by atoms with Crippen molar-refractivity contribution >= 4 is 40.1 Å². The van der Waals surface area contributed by atoms with E-state index in [-0.39, 0.29) is 34.7 Å². The Morgan fingerprint density at radius 1 is 1.11 bits per heavy atom. The van der Waals surface area contributed by atoms with Gasteiger partial charge in [0.15, 0.2) is 5.82 Å². The molecule has 1 unspecified atom stereocenters. The number of hydrogen-bond donors (Lipinski definition) is 3. The zero-order chi connectivity index (χ0) is 26.8. The normalized spacial score (nSPS) is 15.3. The summed E-state index contributed by atoms with van der Waals surface area (Å²) in [6.45, 7) is 4.40. The molecule has 2 aromatic carbocycles. The fourth-order valence-corrected chi connectivity index (χ4v) is 5.29. The highest BCUT2D eigenvalue weighted by Crippen LogP contribution is 2.30. The van der Waals surface area contributed by atoms with Gasteiger partial charge in [-0.15, -0.1) is 0 Å². The first-order valence-corrected chi connectivity index (χ1v) is 12.8. The van der Waals surface area contributed by atoms with E-state index in [2.05, 4.69) is 32.3 Å². The average Bonchev–Trinajstić information content (AvgIpc) is 2.89. The van der Waals surface area contributed by atoms with Gasteiger partial charge in [-0.25, -0.2) is 4.98 Å². The molecule has 0 radical (unpaired) electrons. The van der Waals surface area contributed by atoms with Crippen molar-refractivity contribution < 1.29 is 0 Å². The second kappa shape index (κ2) is 10.7. The van der Waals surface area contributed by atoms with Crippen molar-refractivity contribution in [1.82, 2.24) is 24.4 Å². The maximum Gasteiger partial charge on any atom is 0.263 e. The molecule has 1 aliphatic rings. The summed E-state index contributed by atoms with van der Waals surface area (Å²) in [4.78, 5) is 29.2. The summed E-state index contributed by atoms with van der Waals surface area (Å²) in [7, 11) is 0. The summed E-state index contributed by atoms with van der Waals surface area (Å²) >= 11 is 6.46. The van der Waals surface area contributed by atoms with E-state index >= 15 is 0 Å². The largest absolute Gasteiger partial charge is 0.382 e. The van der Waals surface area contributed by atoms with E-state index in [4.69, 9.17) is 28.1 Å². The van der Waals surface area contributed by atoms with Crippen LogP contribution in [0, 0.1) is 11.3 Å². The van der Waals surface area contributed by atoms with Gasteiger partial charge in [-0.1, -0.05) is 48.0 Å². The van der Waals surface area contributed by atoms with Crippen LogP contribution in [0.15, 0.2) is 53.3 Å². The third-order valence-corrected chi connectivity index (χ3v) is 7.20. The molecule has 1 saturated heterocycles. The van der Waals surface area contributed by atoms with Crippen LogP contribution in [0.1, 0.15) is 48.8 Å². The lowest BCUT2D eigenvalue weighted by Gasteiger charge is -2.34. The predicted octanol–water partition coefficient (Wildman–Crippen LogP) is 3.89. The summed E-state index contributed by atoms with van der Waals surface area (Å²) in [5, 5.41) is 13.5. The van der Waals surface area contributed by atoms with Crippen LogP contribution in [-0.4, -0.2) is 37.5 Å². The zero-order valence-electron chi connectivity index (χ0n) is 20.9. The van der Waals surface area contributed by atoms with Gasteiger partial charge in [0.25, 0.3) is 5.56 Å². The number of benzene rings is 2. The maximum absolute atomic E-state index is 13.9. The number of rotatable bonds is 6. The van der Waals surface area contributed by atoms with Crippen LogP contribution in [0.25, 0.3) is 10.9 Å². The van der Waals surface area contributed by atoms with E-state index in [1.165, 1.54) is 5.56 Å². The van der Waals surface area contributed by atoms with Crippen LogP contribution >= 0.6 is 11.6 Å². The zero-order valence-corrected chi connectivity index (χ0v) is 21.7. The lowest BCUT2D eigenvalue weighted by molar-refractivity contribution is 0.175. The van der Waals surface area contributed by atoms with Gasteiger partial charge in [-0.2, -0.15) is 15.2 Å². The molecule has 0 spiro atoms. The highest BCUT2D eigenvalue weighted by Gasteiger charge is 2.28. The van der Waals surface area contributed by atoms with Gasteiger partial charge in [-0.05, 0) is 37.5 Å². The molecule has 5 N–H and O–H groups in total. The fraction of sp³-hybridized carbons (Fsp3) is 0.296. The van der Waals surface area contributed by atoms with Crippen molar-refractivity contribution in [3.8, 4) is 6.07 Å². The number of nitrogens with two attached hydrogens (primary N) is 2. The quantitative estimate of drug-likeness (QED) is 0.337. The van der Waals surface area contributed by atoms with Crippen molar-refractivity contribution in [2.75, 3.05) is 29.9 Å². The van der Waals surface area contributed by atoms with Crippen molar-refractivity contribution in [1.29, 1.82) is 5.26 Å². The van der Waals surface area contributed by atoms with Crippen LogP contribution < -0.4 is 22.3 Å². The summed E-state index contributed by atoms with van der Waals surface area (Å²) in [6, 6.07) is 17.0. The van der Waals surface area contributed by atoms with Gasteiger partial charge in [0.2, 0.25) is 5.95 Å². The van der Waals surface area contributed by atoms with Crippen molar-refractivity contribution in [2.24, 2.45) is 0 Å². The number of likely N-dealkylation sites (tertiary alicyclic amines) is 1. The first-order chi connectivity index (χ1) is 18.4. The first kappa shape index (κ1) is 25.4. The molecule has 1 atom stereocenters. The van der Waals surface area contributed by atoms with Gasteiger partial charge in [0, 0.05) is 25.7 Å². The second-order valence-corrected chi connectivity index (χ2v) is 9.85. The number of nitrogens with zero attached hydrogens (tertiary/aromatic N) is 6. The van der Waals surface area contributed by atoms with Gasteiger partial charge < -0.3 is 16.8 Å². The maximum atomic E-state index is 13.9. The van der Waals surface area contributed by atoms with Crippen molar-refractivity contribution in [3.63, 3.8) is 0 Å². The van der Waals surface area contributed by atoms with Crippen molar-refractivity contribution in [2.45, 2.75) is 38.4 Å². The lowest BCUT2D eigenvalue weighted by Crippen LogP contribution is -2.39. The molecule has 194 valence electrons. The molecule has 3 heterocycles. The Morgan fingerprint density at radius 3 is 2.55 bits per heavy atom. The fourth-order valence-electron chi connectivity index (χ4n) is 5.04. The van der Waals surface area contributed by atoms with E-state index in [9.17, 15) is 10.1 Å². The molecular formula is C27H28ClN9O. The smallest absolute Gasteiger partial charge is 0.263 e. The van der Waals surface area contributed by atoms with Gasteiger partial charge in [-0.3, -0.25) is 14.3 Å². The molecule has 11 heteroatoms. The Morgan fingerprint density at radius 2 is 1.84 bits per heavy atom. The molecule has 2 aromatic heterocycles. The van der Waals surface area contributed by atoms with E-state index in [0.717, 1.165) is 32.5 Å². The van der Waals surface area contributed by atoms with E-state index < -0.39 is 6.04 Å². The molecular weight excluding hydrogens is 502 g/mol. The molecule has 1 aliphatic heterocycles. The van der Waals surface area contributed by atoms with Crippen LogP contribution in [-0.2, 0) is 6.54 Å². The second-order valence-electron chi connectivity index (χ2n) is 9.44. The summed E-state index contributed by atoms with van der Waals surface area (Å²) in [5.74, 6) is 0.634. The monoisotopic (exact) mass is 529 g/mol. The number of aromatic nitrogens is 4.